The van der Waals surface area contributed by atoms with Crippen molar-refractivity contribution in [3.63, 3.8) is 0 Å². The largest absolute Gasteiger partial charge is 0.481 e. The minimum absolute atomic E-state index is 0.0998. The Morgan fingerprint density at radius 3 is 2.57 bits per heavy atom. The molecule has 0 heterocycles. The molecule has 1 N–H and O–H groups in total. The highest BCUT2D eigenvalue weighted by Gasteiger charge is 2.75. The summed E-state index contributed by atoms with van der Waals surface area (Å²) in [5, 5.41) is 9.39. The second-order valence-electron chi connectivity index (χ2n) is 6.50. The number of benzene rings is 1. The zero-order valence-corrected chi connectivity index (χ0v) is 12.4. The SMILES string of the molecule is CCC1(C(=O)O)C2CC(CCCc3ccccc3)C(=O)C21. The van der Waals surface area contributed by atoms with Gasteiger partial charge in [-0.25, -0.2) is 0 Å². The summed E-state index contributed by atoms with van der Waals surface area (Å²) in [6.45, 7) is 1.89. The van der Waals surface area contributed by atoms with Crippen molar-refractivity contribution >= 4 is 11.8 Å². The van der Waals surface area contributed by atoms with Crippen molar-refractivity contribution in [1.29, 1.82) is 0 Å². The standard InChI is InChI=1S/C18H22O3/c1-2-18(17(20)21)14-11-13(16(19)15(14)18)10-6-9-12-7-4-3-5-8-12/h3-5,7-8,13-15H,2,6,9-11H2,1H3,(H,20,21). The van der Waals surface area contributed by atoms with Gasteiger partial charge in [0.2, 0.25) is 0 Å². The predicted octanol–water partition coefficient (Wildman–Crippen LogP) is 3.33. The van der Waals surface area contributed by atoms with Crippen LogP contribution in [0.2, 0.25) is 0 Å². The van der Waals surface area contributed by atoms with Crippen LogP contribution in [0.4, 0.5) is 0 Å². The first-order chi connectivity index (χ1) is 10.1. The quantitative estimate of drug-likeness (QED) is 0.872. The van der Waals surface area contributed by atoms with Gasteiger partial charge < -0.3 is 5.11 Å². The molecule has 112 valence electrons. The molecule has 3 heteroatoms. The summed E-state index contributed by atoms with van der Waals surface area (Å²) in [6.07, 6.45) is 4.28. The average Bonchev–Trinajstić information content (AvgIpc) is 3.04. The second-order valence-corrected chi connectivity index (χ2v) is 6.50. The van der Waals surface area contributed by atoms with Crippen molar-refractivity contribution in [3.8, 4) is 0 Å². The summed E-state index contributed by atoms with van der Waals surface area (Å²) in [7, 11) is 0. The number of hydrogen-bond acceptors (Lipinski definition) is 2. The normalized spacial score (nSPS) is 33.8. The molecule has 1 aromatic carbocycles. The van der Waals surface area contributed by atoms with Crippen LogP contribution in [0.5, 0.6) is 0 Å². The highest BCUT2D eigenvalue weighted by atomic mass is 16.4. The first-order valence-corrected chi connectivity index (χ1v) is 7.92. The van der Waals surface area contributed by atoms with Crippen molar-refractivity contribution in [3.05, 3.63) is 35.9 Å². The van der Waals surface area contributed by atoms with Gasteiger partial charge in [0.15, 0.2) is 0 Å². The summed E-state index contributed by atoms with van der Waals surface area (Å²) in [6, 6.07) is 10.3. The van der Waals surface area contributed by atoms with Crippen molar-refractivity contribution in [1.82, 2.24) is 0 Å². The minimum atomic E-state index is -0.768. The maximum Gasteiger partial charge on any atom is 0.310 e. The monoisotopic (exact) mass is 286 g/mol. The van der Waals surface area contributed by atoms with E-state index in [1.165, 1.54) is 5.56 Å². The maximum atomic E-state index is 12.4. The Morgan fingerprint density at radius 2 is 2.05 bits per heavy atom. The van der Waals surface area contributed by atoms with Crippen molar-refractivity contribution in [2.45, 2.75) is 39.0 Å². The van der Waals surface area contributed by atoms with E-state index in [2.05, 4.69) is 12.1 Å². The van der Waals surface area contributed by atoms with Crippen LogP contribution in [0.1, 0.15) is 38.2 Å². The van der Waals surface area contributed by atoms with Crippen molar-refractivity contribution in [2.75, 3.05) is 0 Å². The van der Waals surface area contributed by atoms with Crippen LogP contribution >= 0.6 is 0 Å². The van der Waals surface area contributed by atoms with Crippen LogP contribution in [0.15, 0.2) is 30.3 Å². The molecular weight excluding hydrogens is 264 g/mol. The third kappa shape index (κ3) is 2.19. The number of carbonyl (C=O) groups excluding carboxylic acids is 1. The van der Waals surface area contributed by atoms with E-state index in [4.69, 9.17) is 0 Å². The third-order valence-corrected chi connectivity index (χ3v) is 5.60. The second kappa shape index (κ2) is 5.28. The molecule has 0 bridgehead atoms. The molecule has 2 aliphatic carbocycles. The number of carboxylic acid groups (broad SMARTS) is 1. The number of fused-ring (bicyclic) bond motifs is 1. The van der Waals surface area contributed by atoms with Gasteiger partial charge in [0, 0.05) is 11.8 Å². The lowest BCUT2D eigenvalue weighted by Gasteiger charge is -2.18. The molecule has 0 amide bonds. The Kier molecular flexibility index (Phi) is 3.60. The molecule has 0 aromatic heterocycles. The van der Waals surface area contributed by atoms with Gasteiger partial charge in [-0.1, -0.05) is 37.3 Å². The number of ketones is 1. The summed E-state index contributed by atoms with van der Waals surface area (Å²) >= 11 is 0. The van der Waals surface area contributed by atoms with E-state index in [-0.39, 0.29) is 23.5 Å². The lowest BCUT2D eigenvalue weighted by Crippen LogP contribution is -2.27. The van der Waals surface area contributed by atoms with E-state index in [0.29, 0.717) is 6.42 Å². The molecule has 21 heavy (non-hydrogen) atoms. The van der Waals surface area contributed by atoms with Crippen LogP contribution in [-0.4, -0.2) is 16.9 Å². The lowest BCUT2D eigenvalue weighted by molar-refractivity contribution is -0.147. The lowest BCUT2D eigenvalue weighted by atomic mass is 9.85. The first kappa shape index (κ1) is 14.3. The van der Waals surface area contributed by atoms with E-state index in [1.54, 1.807) is 0 Å². The fourth-order valence-electron chi connectivity index (χ4n) is 4.38. The average molecular weight is 286 g/mol. The minimum Gasteiger partial charge on any atom is -0.481 e. The Balaban J connectivity index is 1.53. The number of aryl methyl sites for hydroxylation is 1. The van der Waals surface area contributed by atoms with E-state index in [0.717, 1.165) is 25.7 Å². The molecule has 4 atom stereocenters. The van der Waals surface area contributed by atoms with Crippen LogP contribution < -0.4 is 0 Å². The number of carboxylic acids is 1. The maximum absolute atomic E-state index is 12.4. The van der Waals surface area contributed by atoms with Gasteiger partial charge in [0.25, 0.3) is 0 Å². The number of carbonyl (C=O) groups is 2. The molecule has 0 radical (unpaired) electrons. The molecular formula is C18H22O3. The molecule has 3 nitrogen and oxygen atoms in total. The van der Waals surface area contributed by atoms with Crippen LogP contribution in [0.3, 0.4) is 0 Å². The van der Waals surface area contributed by atoms with Crippen LogP contribution in [-0.2, 0) is 16.0 Å². The molecule has 0 saturated heterocycles. The summed E-state index contributed by atoms with van der Waals surface area (Å²) in [5.41, 5.74) is 0.592. The molecule has 0 aliphatic heterocycles. The van der Waals surface area contributed by atoms with E-state index in [9.17, 15) is 14.7 Å². The van der Waals surface area contributed by atoms with Gasteiger partial charge >= 0.3 is 5.97 Å². The molecule has 2 fully saturated rings. The number of Topliss-reactive ketones (excluding diaryl/α,β-unsaturated/α-hetero) is 1. The molecule has 2 aliphatic rings. The number of hydrogen-bond donors (Lipinski definition) is 1. The topological polar surface area (TPSA) is 54.4 Å². The zero-order valence-electron chi connectivity index (χ0n) is 12.4. The van der Waals surface area contributed by atoms with Crippen LogP contribution in [0, 0.1) is 23.2 Å². The molecule has 4 unspecified atom stereocenters. The van der Waals surface area contributed by atoms with Crippen molar-refractivity contribution < 1.29 is 14.7 Å². The van der Waals surface area contributed by atoms with Gasteiger partial charge in [0.1, 0.15) is 5.78 Å². The summed E-state index contributed by atoms with van der Waals surface area (Å²) in [5.74, 6) is -0.535. The smallest absolute Gasteiger partial charge is 0.310 e. The highest BCUT2D eigenvalue weighted by Crippen LogP contribution is 2.69. The van der Waals surface area contributed by atoms with E-state index < -0.39 is 11.4 Å². The molecule has 3 rings (SSSR count). The Morgan fingerprint density at radius 1 is 1.33 bits per heavy atom. The number of aliphatic carboxylic acids is 1. The molecule has 2 saturated carbocycles. The van der Waals surface area contributed by atoms with E-state index in [1.807, 2.05) is 25.1 Å². The Hall–Kier alpha value is -1.64. The van der Waals surface area contributed by atoms with Gasteiger partial charge in [-0.15, -0.1) is 0 Å². The summed E-state index contributed by atoms with van der Waals surface area (Å²) < 4.78 is 0. The van der Waals surface area contributed by atoms with Gasteiger partial charge in [-0.2, -0.15) is 0 Å². The van der Waals surface area contributed by atoms with E-state index >= 15 is 0 Å². The zero-order chi connectivity index (χ0) is 15.0. The fraction of sp³-hybridized carbons (Fsp3) is 0.556. The summed E-state index contributed by atoms with van der Waals surface area (Å²) in [4.78, 5) is 23.8. The van der Waals surface area contributed by atoms with Gasteiger partial charge in [-0.05, 0) is 43.6 Å². The molecule has 1 aromatic rings. The third-order valence-electron chi connectivity index (χ3n) is 5.60. The Bertz CT molecular complexity index is 551. The predicted molar refractivity (Wildman–Crippen MR) is 79.8 cm³/mol. The van der Waals surface area contributed by atoms with Crippen LogP contribution in [0.25, 0.3) is 0 Å². The van der Waals surface area contributed by atoms with Gasteiger partial charge in [-0.3, -0.25) is 9.59 Å². The molecule has 0 spiro atoms. The number of rotatable bonds is 6. The Labute approximate surface area is 125 Å². The fourth-order valence-corrected chi connectivity index (χ4v) is 4.38. The van der Waals surface area contributed by atoms with Crippen molar-refractivity contribution in [2.24, 2.45) is 23.2 Å². The first-order valence-electron chi connectivity index (χ1n) is 7.92. The highest BCUT2D eigenvalue weighted by molar-refractivity contribution is 5.98. The van der Waals surface area contributed by atoms with Gasteiger partial charge in [0.05, 0.1) is 5.41 Å².